The van der Waals surface area contributed by atoms with Crippen molar-refractivity contribution in [3.8, 4) is 5.75 Å². The molecule has 1 aliphatic heterocycles. The average Bonchev–Trinajstić information content (AvgIpc) is 3.47. The molecular weight excluding hydrogens is 640 g/mol. The van der Waals surface area contributed by atoms with Crippen LogP contribution in [0.25, 0.3) is 0 Å². The van der Waals surface area contributed by atoms with Crippen molar-refractivity contribution in [3.05, 3.63) is 121 Å². The van der Waals surface area contributed by atoms with E-state index in [4.69, 9.17) is 10.5 Å². The summed E-state index contributed by atoms with van der Waals surface area (Å²) in [5.74, 6) is -1.63. The molecule has 0 bridgehead atoms. The molecule has 3 aromatic carbocycles. The van der Waals surface area contributed by atoms with Gasteiger partial charge in [-0.1, -0.05) is 17.2 Å². The van der Waals surface area contributed by atoms with Gasteiger partial charge < -0.3 is 31.5 Å². The minimum Gasteiger partial charge on any atom is -0.491 e. The van der Waals surface area contributed by atoms with Gasteiger partial charge in [0.25, 0.3) is 23.2 Å². The summed E-state index contributed by atoms with van der Waals surface area (Å²) in [4.78, 5) is 48.8. The highest BCUT2D eigenvalue weighted by atomic mass is 16.6. The van der Waals surface area contributed by atoms with Crippen LogP contribution in [-0.4, -0.2) is 59.7 Å². The number of benzene rings is 3. The maximum Gasteiger partial charge on any atom is 0.269 e. The number of rotatable bonds is 12. The van der Waals surface area contributed by atoms with E-state index < -0.39 is 33.7 Å². The predicted octanol–water partition coefficient (Wildman–Crippen LogP) is 3.02. The summed E-state index contributed by atoms with van der Waals surface area (Å²) < 4.78 is 6.96. The lowest BCUT2D eigenvalue weighted by atomic mass is 9.79. The second-order valence-corrected chi connectivity index (χ2v) is 10.9. The number of ether oxygens (including phenoxy) is 1. The number of anilines is 3. The molecule has 1 aromatic heterocycles. The Morgan fingerprint density at radius 2 is 1.39 bits per heavy atom. The Morgan fingerprint density at radius 1 is 0.898 bits per heavy atom. The summed E-state index contributed by atoms with van der Waals surface area (Å²) in [5, 5.41) is 51.9. The van der Waals surface area contributed by atoms with Crippen LogP contribution >= 0.6 is 0 Å². The van der Waals surface area contributed by atoms with Crippen molar-refractivity contribution < 1.29 is 29.3 Å². The zero-order valence-corrected chi connectivity index (χ0v) is 26.1. The van der Waals surface area contributed by atoms with Gasteiger partial charge in [0.05, 0.1) is 16.4 Å². The molecule has 252 valence electrons. The van der Waals surface area contributed by atoms with E-state index in [0.717, 1.165) is 0 Å². The summed E-state index contributed by atoms with van der Waals surface area (Å²) in [5.41, 5.74) is 7.78. The normalized spacial score (nSPS) is 13.8. The second-order valence-electron chi connectivity index (χ2n) is 10.9. The molecular formula is C31H30N10O8. The molecule has 0 saturated heterocycles. The third-order valence-corrected chi connectivity index (χ3v) is 7.52. The van der Waals surface area contributed by atoms with Crippen LogP contribution in [0, 0.1) is 20.2 Å². The van der Waals surface area contributed by atoms with Crippen LogP contribution in [0.15, 0.2) is 95.3 Å². The number of amides is 2. The summed E-state index contributed by atoms with van der Waals surface area (Å²) in [6.07, 6.45) is -0.990. The number of nitrogens with one attached hydrogen (secondary N) is 3. The average molecular weight is 671 g/mol. The Kier molecular flexibility index (Phi) is 9.88. The van der Waals surface area contributed by atoms with E-state index in [0.29, 0.717) is 34.1 Å². The summed E-state index contributed by atoms with van der Waals surface area (Å²) in [7, 11) is 0. The molecule has 6 N–H and O–H groups in total. The monoisotopic (exact) mass is 670 g/mol. The van der Waals surface area contributed by atoms with Crippen LogP contribution < -0.4 is 26.4 Å². The number of aliphatic hydroxyl groups is 1. The molecule has 2 amide bonds. The smallest absolute Gasteiger partial charge is 0.269 e. The molecule has 0 saturated carbocycles. The van der Waals surface area contributed by atoms with E-state index in [-0.39, 0.29) is 41.6 Å². The van der Waals surface area contributed by atoms with Gasteiger partial charge in [0.1, 0.15) is 18.5 Å². The fourth-order valence-electron chi connectivity index (χ4n) is 5.20. The number of carbonyl (C=O) groups excluding carboxylic acids is 2. The number of dihydropyridines is 1. The minimum atomic E-state index is -0.990. The molecule has 0 radical (unpaired) electrons. The standard InChI is InChI=1S/C31H30N10O8/c1-17-26(29(43)34-20-5-9-22(10-6-20)40(45)46)28(27(18(2)33-17)30(44)35-21-7-11-23(12-8-21)41(47)48)19-3-13-25(14-4-19)49-16-24(42)15-39-31(32)36-37-38-39/h3-14,24,28,33,42H,15-16H2,1-2H3,(H,34,43)(H,35,44)(H2,32,36,38). The number of aliphatic hydroxyl groups excluding tert-OH is 1. The van der Waals surface area contributed by atoms with Crippen molar-refractivity contribution in [2.75, 3.05) is 23.0 Å². The third-order valence-electron chi connectivity index (χ3n) is 7.52. The third kappa shape index (κ3) is 7.83. The first kappa shape index (κ1) is 33.7. The highest BCUT2D eigenvalue weighted by molar-refractivity contribution is 6.12. The van der Waals surface area contributed by atoms with Gasteiger partial charge in [0, 0.05) is 64.1 Å². The highest BCUT2D eigenvalue weighted by Crippen LogP contribution is 2.40. The Balaban J connectivity index is 1.43. The first-order valence-corrected chi connectivity index (χ1v) is 14.6. The molecule has 1 unspecified atom stereocenters. The molecule has 4 aromatic rings. The molecule has 1 aliphatic rings. The van der Waals surface area contributed by atoms with Crippen LogP contribution in [0.5, 0.6) is 5.75 Å². The Bertz CT molecular complexity index is 1860. The van der Waals surface area contributed by atoms with Crippen molar-refractivity contribution >= 4 is 40.5 Å². The number of nitrogens with two attached hydrogens (primary N) is 1. The summed E-state index contributed by atoms with van der Waals surface area (Å²) in [6, 6.07) is 17.2. The fraction of sp³-hybridized carbons (Fsp3) is 0.194. The van der Waals surface area contributed by atoms with E-state index in [9.17, 15) is 34.9 Å². The van der Waals surface area contributed by atoms with E-state index in [2.05, 4.69) is 31.5 Å². The maximum absolute atomic E-state index is 13.9. The Morgan fingerprint density at radius 3 is 1.82 bits per heavy atom. The van der Waals surface area contributed by atoms with Gasteiger partial charge >= 0.3 is 0 Å². The lowest BCUT2D eigenvalue weighted by Crippen LogP contribution is -2.35. The molecule has 5 rings (SSSR count). The number of nitro benzene ring substituents is 2. The van der Waals surface area contributed by atoms with Crippen LogP contribution in [-0.2, 0) is 16.1 Å². The number of non-ortho nitro benzene ring substituents is 2. The van der Waals surface area contributed by atoms with Gasteiger partial charge in [-0.25, -0.2) is 4.68 Å². The first-order valence-electron chi connectivity index (χ1n) is 14.6. The van der Waals surface area contributed by atoms with Crippen molar-refractivity contribution in [2.45, 2.75) is 32.4 Å². The zero-order valence-electron chi connectivity index (χ0n) is 26.1. The van der Waals surface area contributed by atoms with Crippen LogP contribution in [0.1, 0.15) is 25.3 Å². The maximum atomic E-state index is 13.9. The van der Waals surface area contributed by atoms with Crippen LogP contribution in [0.4, 0.5) is 28.7 Å². The summed E-state index contributed by atoms with van der Waals surface area (Å²) in [6.45, 7) is 3.25. The number of hydrogen-bond acceptors (Lipinski definition) is 13. The van der Waals surface area contributed by atoms with Gasteiger partial charge in [0.15, 0.2) is 0 Å². The van der Waals surface area contributed by atoms with Gasteiger partial charge in [-0.15, -0.1) is 0 Å². The van der Waals surface area contributed by atoms with Crippen molar-refractivity contribution in [3.63, 3.8) is 0 Å². The molecule has 0 aliphatic carbocycles. The van der Waals surface area contributed by atoms with E-state index in [1.54, 1.807) is 38.1 Å². The Labute approximate surface area is 277 Å². The fourth-order valence-corrected chi connectivity index (χ4v) is 5.20. The van der Waals surface area contributed by atoms with Crippen molar-refractivity contribution in [1.82, 2.24) is 25.5 Å². The molecule has 0 spiro atoms. The zero-order chi connectivity index (χ0) is 35.2. The minimum absolute atomic E-state index is 0.000594. The Hall–Kier alpha value is -6.69. The van der Waals surface area contributed by atoms with Crippen LogP contribution in [0.3, 0.4) is 0 Å². The second kappa shape index (κ2) is 14.4. The molecule has 0 fully saturated rings. The largest absolute Gasteiger partial charge is 0.491 e. The number of nitrogen functional groups attached to an aromatic ring is 1. The van der Waals surface area contributed by atoms with Crippen molar-refractivity contribution in [2.24, 2.45) is 0 Å². The van der Waals surface area contributed by atoms with Crippen LogP contribution in [0.2, 0.25) is 0 Å². The summed E-state index contributed by atoms with van der Waals surface area (Å²) >= 11 is 0. The van der Waals surface area contributed by atoms with Crippen molar-refractivity contribution in [1.29, 1.82) is 0 Å². The van der Waals surface area contributed by atoms with E-state index >= 15 is 0 Å². The molecule has 49 heavy (non-hydrogen) atoms. The van der Waals surface area contributed by atoms with E-state index in [1.807, 2.05) is 0 Å². The number of tetrazole rings is 1. The lowest BCUT2D eigenvalue weighted by Gasteiger charge is -2.31. The number of allylic oxidation sites excluding steroid dienone is 2. The number of carbonyl (C=O) groups is 2. The quantitative estimate of drug-likeness (QED) is 0.107. The molecule has 18 nitrogen and oxygen atoms in total. The first-order chi connectivity index (χ1) is 23.4. The van der Waals surface area contributed by atoms with E-state index in [1.165, 1.54) is 53.2 Å². The topological polar surface area (TPSA) is 256 Å². The molecule has 2 heterocycles. The number of nitrogens with zero attached hydrogens (tertiary/aromatic N) is 6. The highest BCUT2D eigenvalue weighted by Gasteiger charge is 2.36. The van der Waals surface area contributed by atoms with Gasteiger partial charge in [-0.2, -0.15) is 0 Å². The predicted molar refractivity (Wildman–Crippen MR) is 175 cm³/mol. The molecule has 1 atom stereocenters. The lowest BCUT2D eigenvalue weighted by molar-refractivity contribution is -0.385. The SMILES string of the molecule is CC1=C(C(=O)Nc2ccc([N+](=O)[O-])cc2)C(c2ccc(OCC(O)Cn3nnnc3N)cc2)C(C(=O)Nc2ccc([N+](=O)[O-])cc2)=C(C)N1. The number of aromatic nitrogens is 4. The number of hydrogen-bond donors (Lipinski definition) is 5. The molecule has 18 heteroatoms. The van der Waals surface area contributed by atoms with Gasteiger partial charge in [-0.3, -0.25) is 29.8 Å². The number of nitro groups is 2. The van der Waals surface area contributed by atoms with Gasteiger partial charge in [0.2, 0.25) is 5.95 Å². The van der Waals surface area contributed by atoms with Gasteiger partial charge in [-0.05, 0) is 66.2 Å².